The zero-order valence-electron chi connectivity index (χ0n) is 24.8. The fourth-order valence-electron chi connectivity index (χ4n) is 4.00. The van der Waals surface area contributed by atoms with Crippen LogP contribution in [0.4, 0.5) is 13.2 Å². The molecular formula is C29H35F3N2O10. The minimum Gasteiger partial charge on any atom is -0.493 e. The van der Waals surface area contributed by atoms with Crippen LogP contribution < -0.4 is 19.5 Å². The third-order valence-corrected chi connectivity index (χ3v) is 6.15. The summed E-state index contributed by atoms with van der Waals surface area (Å²) in [6.45, 7) is 5.91. The lowest BCUT2D eigenvalue weighted by atomic mass is 10.1. The molecule has 12 nitrogen and oxygen atoms in total. The molecule has 1 aliphatic heterocycles. The third kappa shape index (κ3) is 9.71. The maximum atomic E-state index is 13.2. The number of cyclic esters (lactones) is 1. The summed E-state index contributed by atoms with van der Waals surface area (Å²) in [5.41, 5.74) is -1.11. The summed E-state index contributed by atoms with van der Waals surface area (Å²) in [6, 6.07) is 4.20. The van der Waals surface area contributed by atoms with Crippen molar-refractivity contribution in [3.05, 3.63) is 47.8 Å². The molecule has 2 aromatic rings. The molecule has 1 aromatic heterocycles. The highest BCUT2D eigenvalue weighted by Crippen LogP contribution is 2.32. The average Bonchev–Trinajstić information content (AvgIpc) is 3.00. The number of hydrogen-bond acceptors (Lipinski definition) is 11. The van der Waals surface area contributed by atoms with Gasteiger partial charge in [-0.3, -0.25) is 9.59 Å². The van der Waals surface area contributed by atoms with Crippen molar-refractivity contribution in [2.24, 2.45) is 5.92 Å². The van der Waals surface area contributed by atoms with Gasteiger partial charge in [-0.25, -0.2) is 9.78 Å². The third-order valence-electron chi connectivity index (χ3n) is 6.15. The van der Waals surface area contributed by atoms with Gasteiger partial charge < -0.3 is 38.5 Å². The number of carbonyl (C=O) groups excluding carboxylic acids is 3. The highest BCUT2D eigenvalue weighted by atomic mass is 19.4. The van der Waals surface area contributed by atoms with Crippen molar-refractivity contribution < 1.29 is 60.7 Å². The Hall–Kier alpha value is -4.11. The molecule has 1 amide bonds. The number of halogens is 3. The molecule has 0 bridgehead atoms. The van der Waals surface area contributed by atoms with E-state index in [9.17, 15) is 27.6 Å². The number of alkyl halides is 3. The molecule has 2 heterocycles. The number of carbonyl (C=O) groups is 3. The normalized spacial score (nSPS) is 20.9. The molecule has 3 rings (SSSR count). The zero-order valence-corrected chi connectivity index (χ0v) is 24.8. The number of pyridine rings is 1. The largest absolute Gasteiger partial charge is 0.493 e. The van der Waals surface area contributed by atoms with Crippen LogP contribution in [-0.4, -0.2) is 80.9 Å². The van der Waals surface area contributed by atoms with Gasteiger partial charge in [0, 0.05) is 25.8 Å². The first-order valence-electron chi connectivity index (χ1n) is 13.6. The summed E-state index contributed by atoms with van der Waals surface area (Å²) < 4.78 is 77.9. The van der Waals surface area contributed by atoms with E-state index in [1.165, 1.54) is 33.2 Å². The minimum atomic E-state index is -4.52. The molecule has 0 saturated carbocycles. The maximum absolute atomic E-state index is 13.2. The number of rotatable bonds is 11. The number of aromatic nitrogens is 1. The molecular weight excluding hydrogens is 593 g/mol. The monoisotopic (exact) mass is 628 g/mol. The number of methoxy groups -OCH3 is 1. The van der Waals surface area contributed by atoms with Crippen molar-refractivity contribution in [1.29, 1.82) is 0 Å². The van der Waals surface area contributed by atoms with Gasteiger partial charge in [-0.1, -0.05) is 13.8 Å². The van der Waals surface area contributed by atoms with E-state index in [2.05, 4.69) is 10.3 Å². The van der Waals surface area contributed by atoms with Crippen molar-refractivity contribution >= 4 is 17.8 Å². The van der Waals surface area contributed by atoms with E-state index in [1.807, 2.05) is 13.8 Å². The van der Waals surface area contributed by atoms with Crippen LogP contribution in [0.2, 0.25) is 0 Å². The maximum Gasteiger partial charge on any atom is 0.416 e. The molecule has 1 aliphatic rings. The van der Waals surface area contributed by atoms with Gasteiger partial charge >= 0.3 is 18.1 Å². The molecule has 44 heavy (non-hydrogen) atoms. The predicted molar refractivity (Wildman–Crippen MR) is 146 cm³/mol. The second-order valence-corrected chi connectivity index (χ2v) is 10.2. The molecule has 0 aliphatic carbocycles. The topological polar surface area (TPSA) is 141 Å². The van der Waals surface area contributed by atoms with Crippen LogP contribution >= 0.6 is 0 Å². The predicted octanol–water partition coefficient (Wildman–Crippen LogP) is 3.56. The SMILES string of the molecule is COc1ccnc(C(=O)NC2COCC(OCC(C)C)C(Oc3ccc(C(F)(F)F)cc3)C(C)OC2=O)c1OCOC(C)=O. The van der Waals surface area contributed by atoms with Crippen LogP contribution in [0.5, 0.6) is 17.2 Å². The zero-order chi connectivity index (χ0) is 32.4. The Balaban J connectivity index is 1.81. The first-order chi connectivity index (χ1) is 20.8. The van der Waals surface area contributed by atoms with Crippen molar-refractivity contribution in [2.45, 2.75) is 58.2 Å². The van der Waals surface area contributed by atoms with Gasteiger partial charge in [0.15, 0.2) is 29.3 Å². The summed E-state index contributed by atoms with van der Waals surface area (Å²) in [4.78, 5) is 41.6. The summed E-state index contributed by atoms with van der Waals surface area (Å²) in [5.74, 6) is -2.13. The Labute approximate surface area is 252 Å². The van der Waals surface area contributed by atoms with Crippen LogP contribution in [0.3, 0.4) is 0 Å². The van der Waals surface area contributed by atoms with Crippen molar-refractivity contribution in [3.63, 3.8) is 0 Å². The van der Waals surface area contributed by atoms with Crippen molar-refractivity contribution in [1.82, 2.24) is 10.3 Å². The summed E-state index contributed by atoms with van der Waals surface area (Å²) in [5, 5.41) is 2.51. The van der Waals surface area contributed by atoms with Gasteiger partial charge in [0.25, 0.3) is 5.91 Å². The Bertz CT molecular complexity index is 1270. The Morgan fingerprint density at radius 3 is 2.45 bits per heavy atom. The Morgan fingerprint density at radius 1 is 1.14 bits per heavy atom. The quantitative estimate of drug-likeness (QED) is 0.289. The van der Waals surface area contributed by atoms with Gasteiger partial charge in [-0.15, -0.1) is 0 Å². The van der Waals surface area contributed by atoms with E-state index >= 15 is 0 Å². The second-order valence-electron chi connectivity index (χ2n) is 10.2. The fourth-order valence-corrected chi connectivity index (χ4v) is 4.00. The van der Waals surface area contributed by atoms with Gasteiger partial charge in [0.1, 0.15) is 18.0 Å². The minimum absolute atomic E-state index is 0.0959. The van der Waals surface area contributed by atoms with Crippen LogP contribution in [0.25, 0.3) is 0 Å². The van der Waals surface area contributed by atoms with Crippen LogP contribution in [-0.2, 0) is 34.7 Å². The number of ether oxygens (including phenoxy) is 7. The fraction of sp³-hybridized carbons (Fsp3) is 0.517. The molecule has 4 unspecified atom stereocenters. The summed E-state index contributed by atoms with van der Waals surface area (Å²) >= 11 is 0. The van der Waals surface area contributed by atoms with E-state index in [1.54, 1.807) is 0 Å². The number of amides is 1. The lowest BCUT2D eigenvalue weighted by Gasteiger charge is -2.31. The number of nitrogens with zero attached hydrogens (tertiary/aromatic N) is 1. The summed E-state index contributed by atoms with van der Waals surface area (Å²) in [6.07, 6.45) is -6.00. The Kier molecular flexibility index (Phi) is 12.2. The van der Waals surface area contributed by atoms with Gasteiger partial charge in [0.2, 0.25) is 6.79 Å². The van der Waals surface area contributed by atoms with Crippen molar-refractivity contribution in [2.75, 3.05) is 33.7 Å². The smallest absolute Gasteiger partial charge is 0.416 e. The number of benzene rings is 1. The van der Waals surface area contributed by atoms with Crippen LogP contribution in [0, 0.1) is 5.92 Å². The first kappa shape index (κ1) is 34.4. The molecule has 15 heteroatoms. The molecule has 1 fully saturated rings. The highest BCUT2D eigenvalue weighted by Gasteiger charge is 2.38. The molecule has 0 radical (unpaired) electrons. The first-order valence-corrected chi connectivity index (χ1v) is 13.6. The van der Waals surface area contributed by atoms with Gasteiger partial charge in [-0.2, -0.15) is 13.2 Å². The number of esters is 2. The lowest BCUT2D eigenvalue weighted by molar-refractivity contribution is -0.159. The van der Waals surface area contributed by atoms with E-state index in [4.69, 9.17) is 33.2 Å². The van der Waals surface area contributed by atoms with E-state index in [0.29, 0.717) is 6.61 Å². The molecule has 1 saturated heterocycles. The molecule has 4 atom stereocenters. The Morgan fingerprint density at radius 2 is 1.84 bits per heavy atom. The van der Waals surface area contributed by atoms with E-state index in [-0.39, 0.29) is 42.1 Å². The van der Waals surface area contributed by atoms with E-state index in [0.717, 1.165) is 24.3 Å². The molecule has 242 valence electrons. The van der Waals surface area contributed by atoms with Gasteiger partial charge in [0.05, 0.1) is 25.9 Å². The van der Waals surface area contributed by atoms with Gasteiger partial charge in [-0.05, 0) is 37.1 Å². The van der Waals surface area contributed by atoms with Crippen molar-refractivity contribution in [3.8, 4) is 17.2 Å². The molecule has 1 aromatic carbocycles. The number of hydrogen-bond donors (Lipinski definition) is 1. The highest BCUT2D eigenvalue weighted by molar-refractivity contribution is 5.98. The van der Waals surface area contributed by atoms with Crippen LogP contribution in [0.15, 0.2) is 36.5 Å². The number of nitrogens with one attached hydrogen (secondary N) is 1. The average molecular weight is 629 g/mol. The standard InChI is InChI=1S/C29H35F3N2O10/c1-16(2)12-40-23-14-39-13-21(34-27(36)24-26(42-15-41-18(4)35)22(38-5)10-11-33-24)28(37)43-17(3)25(23)44-20-8-6-19(7-9-20)29(30,31)32/h6-11,16-17,21,23,25H,12-15H2,1-5H3,(H,34,36). The summed E-state index contributed by atoms with van der Waals surface area (Å²) in [7, 11) is 1.33. The molecule has 0 spiro atoms. The lowest BCUT2D eigenvalue weighted by Crippen LogP contribution is -2.48. The van der Waals surface area contributed by atoms with E-state index < -0.39 is 60.7 Å². The van der Waals surface area contributed by atoms with Crippen LogP contribution in [0.1, 0.15) is 43.7 Å². The second kappa shape index (κ2) is 15.6. The molecule has 1 N–H and O–H groups in total.